The van der Waals surface area contributed by atoms with Gasteiger partial charge in [0.2, 0.25) is 12.7 Å². The van der Waals surface area contributed by atoms with Gasteiger partial charge in [0.05, 0.1) is 28.6 Å². The molecule has 222 valence electrons. The highest BCUT2D eigenvalue weighted by atomic mass is 79.9. The van der Waals surface area contributed by atoms with Gasteiger partial charge < -0.3 is 24.7 Å². The molecule has 1 amide bonds. The summed E-state index contributed by atoms with van der Waals surface area (Å²) >= 11 is 3.34. The number of hydrazone groups is 1. The molecule has 3 heterocycles. The van der Waals surface area contributed by atoms with Gasteiger partial charge >= 0.3 is 5.82 Å². The van der Waals surface area contributed by atoms with Gasteiger partial charge in [-0.3, -0.25) is 4.79 Å². The van der Waals surface area contributed by atoms with Crippen molar-refractivity contribution in [2.75, 3.05) is 6.79 Å². The smallest absolute Gasteiger partial charge is 0.404 e. The lowest BCUT2D eigenvalue weighted by Gasteiger charge is -2.61. The second-order valence-corrected chi connectivity index (χ2v) is 13.9. The summed E-state index contributed by atoms with van der Waals surface area (Å²) in [4.78, 5) is 25.5. The Hall–Kier alpha value is -3.93. The number of nitro groups is 1. The lowest BCUT2D eigenvalue weighted by molar-refractivity contribution is -0.390. The minimum Gasteiger partial charge on any atom is -0.508 e. The number of para-hydroxylation sites is 1. The number of halogens is 1. The number of carbonyl (C=O) groups excluding carboxylic acids is 1. The van der Waals surface area contributed by atoms with Gasteiger partial charge in [-0.15, -0.1) is 0 Å². The van der Waals surface area contributed by atoms with E-state index in [1.807, 2.05) is 35.0 Å². The minimum atomic E-state index is -0.456. The molecule has 4 bridgehead atoms. The van der Waals surface area contributed by atoms with Crippen LogP contribution in [0.5, 0.6) is 17.2 Å². The molecule has 12 heteroatoms. The van der Waals surface area contributed by atoms with Crippen LogP contribution in [0.15, 0.2) is 58.2 Å². The van der Waals surface area contributed by atoms with Crippen LogP contribution in [-0.2, 0) is 10.3 Å². The molecular formula is C31H30BrN5O6. The van der Waals surface area contributed by atoms with Gasteiger partial charge in [-0.2, -0.15) is 9.78 Å². The van der Waals surface area contributed by atoms with E-state index in [-0.39, 0.29) is 35.2 Å². The molecular weight excluding hydrogens is 618 g/mol. The third-order valence-corrected chi connectivity index (χ3v) is 10.7. The number of rotatable bonds is 6. The van der Waals surface area contributed by atoms with Gasteiger partial charge in [-0.1, -0.05) is 18.2 Å². The van der Waals surface area contributed by atoms with Crippen LogP contribution >= 0.6 is 15.9 Å². The van der Waals surface area contributed by atoms with Gasteiger partial charge in [0.1, 0.15) is 10.2 Å². The molecule has 2 aliphatic heterocycles. The normalized spacial score (nSPS) is 30.1. The molecule has 4 saturated carbocycles. The fraction of sp³-hybridized carbons (Fsp3) is 0.452. The van der Waals surface area contributed by atoms with Crippen LogP contribution in [0.2, 0.25) is 0 Å². The summed E-state index contributed by atoms with van der Waals surface area (Å²) in [5.74, 6) is 2.09. The van der Waals surface area contributed by atoms with Crippen LogP contribution in [0.3, 0.4) is 0 Å². The highest BCUT2D eigenvalue weighted by Crippen LogP contribution is 2.65. The Morgan fingerprint density at radius 1 is 1.12 bits per heavy atom. The lowest BCUT2D eigenvalue weighted by atomic mass is 9.46. The Bertz CT molecular complexity index is 1690. The zero-order valence-corrected chi connectivity index (χ0v) is 24.9. The topological polar surface area (TPSA) is 132 Å². The standard InChI is InChI=1S/C31H30BrN5O6/c32-22-15-35(34-29(22)37(40)41)31-12-18-7-19(13-31)11-30(10-18,16-31)14-28(39)36-24(21-3-1-2-4-25(21)38)9-23(33-36)20-5-6-26-27(8-20)43-17-42-26/h1-6,8,15,18-19,24,38H,7,9-14,16-17H2. The Morgan fingerprint density at radius 3 is 2.63 bits per heavy atom. The van der Waals surface area contributed by atoms with E-state index in [4.69, 9.17) is 14.6 Å². The first kappa shape index (κ1) is 26.7. The van der Waals surface area contributed by atoms with Crippen LogP contribution in [0.1, 0.15) is 68.5 Å². The molecule has 0 saturated heterocycles. The van der Waals surface area contributed by atoms with Gasteiger partial charge in [0.25, 0.3) is 0 Å². The first-order valence-electron chi connectivity index (χ1n) is 14.7. The number of hydrogen-bond donors (Lipinski definition) is 1. The Morgan fingerprint density at radius 2 is 1.88 bits per heavy atom. The zero-order valence-electron chi connectivity index (χ0n) is 23.3. The number of benzene rings is 2. The summed E-state index contributed by atoms with van der Waals surface area (Å²) in [6.45, 7) is 0.171. The maximum absolute atomic E-state index is 14.4. The van der Waals surface area contributed by atoms with E-state index in [1.165, 1.54) is 0 Å². The van der Waals surface area contributed by atoms with Crippen molar-refractivity contribution in [1.29, 1.82) is 0 Å². The molecule has 4 fully saturated rings. The number of aromatic nitrogens is 2. The van der Waals surface area contributed by atoms with Gasteiger partial charge in [0.15, 0.2) is 11.5 Å². The molecule has 3 aromatic rings. The lowest BCUT2D eigenvalue weighted by Crippen LogP contribution is -2.57. The van der Waals surface area contributed by atoms with E-state index in [0.29, 0.717) is 46.2 Å². The zero-order chi connectivity index (χ0) is 29.5. The van der Waals surface area contributed by atoms with E-state index < -0.39 is 11.0 Å². The van der Waals surface area contributed by atoms with E-state index in [1.54, 1.807) is 23.3 Å². The summed E-state index contributed by atoms with van der Waals surface area (Å²) in [5, 5.41) is 33.3. The molecule has 2 aromatic carbocycles. The number of phenolic OH excluding ortho intramolecular Hbond substituents is 1. The average molecular weight is 649 g/mol. The van der Waals surface area contributed by atoms with Crippen molar-refractivity contribution in [1.82, 2.24) is 14.8 Å². The highest BCUT2D eigenvalue weighted by molar-refractivity contribution is 9.10. The predicted molar refractivity (Wildman–Crippen MR) is 158 cm³/mol. The van der Waals surface area contributed by atoms with E-state index in [2.05, 4.69) is 21.0 Å². The number of aromatic hydroxyl groups is 1. The third kappa shape index (κ3) is 4.32. The minimum absolute atomic E-state index is 0.0753. The maximum atomic E-state index is 14.4. The van der Waals surface area contributed by atoms with Gasteiger partial charge in [-0.25, -0.2) is 5.01 Å². The van der Waals surface area contributed by atoms with Crippen LogP contribution < -0.4 is 9.47 Å². The van der Waals surface area contributed by atoms with Crippen LogP contribution in [0.4, 0.5) is 5.82 Å². The monoisotopic (exact) mass is 647 g/mol. The summed E-state index contributed by atoms with van der Waals surface area (Å²) in [5.41, 5.74) is 1.67. The first-order chi connectivity index (χ1) is 20.7. The highest BCUT2D eigenvalue weighted by Gasteiger charge is 2.61. The SMILES string of the molecule is O=C(CC12CC3CC(C1)CC(n1cc(Br)c([N+](=O)[O-])n1)(C3)C2)N1N=C(c2ccc3c(c2)OCO3)CC1c1ccccc1O. The van der Waals surface area contributed by atoms with Crippen LogP contribution in [0.25, 0.3) is 0 Å². The van der Waals surface area contributed by atoms with E-state index in [9.17, 15) is 20.0 Å². The van der Waals surface area contributed by atoms with Crippen molar-refractivity contribution in [2.24, 2.45) is 22.4 Å². The second-order valence-electron chi connectivity index (χ2n) is 13.0. The fourth-order valence-electron chi connectivity index (χ4n) is 8.99. The van der Waals surface area contributed by atoms with Crippen molar-refractivity contribution in [3.63, 3.8) is 0 Å². The number of carbonyl (C=O) groups is 1. The molecule has 3 atom stereocenters. The summed E-state index contributed by atoms with van der Waals surface area (Å²) in [7, 11) is 0. The van der Waals surface area contributed by atoms with Crippen molar-refractivity contribution in [3.8, 4) is 17.2 Å². The summed E-state index contributed by atoms with van der Waals surface area (Å²) in [6, 6.07) is 12.3. The number of phenols is 1. The average Bonchev–Trinajstić information content (AvgIpc) is 3.70. The van der Waals surface area contributed by atoms with Gasteiger partial charge in [0, 0.05) is 24.0 Å². The van der Waals surface area contributed by atoms with Crippen molar-refractivity contribution in [3.05, 3.63) is 74.4 Å². The van der Waals surface area contributed by atoms with Crippen molar-refractivity contribution >= 4 is 33.4 Å². The number of nitrogens with zero attached hydrogens (tertiary/aromatic N) is 5. The molecule has 6 aliphatic rings. The Kier molecular flexibility index (Phi) is 5.92. The second kappa shape index (κ2) is 9.54. The third-order valence-electron chi connectivity index (χ3n) is 10.2. The fourth-order valence-corrected chi connectivity index (χ4v) is 9.41. The summed E-state index contributed by atoms with van der Waals surface area (Å²) in [6.07, 6.45) is 8.14. The van der Waals surface area contributed by atoms with E-state index >= 15 is 0 Å². The number of amides is 1. The van der Waals surface area contributed by atoms with Crippen LogP contribution in [-0.4, -0.2) is 43.2 Å². The predicted octanol–water partition coefficient (Wildman–Crippen LogP) is 6.05. The Balaban J connectivity index is 1.12. The molecule has 3 unspecified atom stereocenters. The summed E-state index contributed by atoms with van der Waals surface area (Å²) < 4.78 is 13.3. The van der Waals surface area contributed by atoms with E-state index in [0.717, 1.165) is 49.8 Å². The number of hydrogen-bond acceptors (Lipinski definition) is 8. The van der Waals surface area contributed by atoms with Gasteiger partial charge in [-0.05, 0) is 101 Å². The first-order valence-corrected chi connectivity index (χ1v) is 15.5. The quantitative estimate of drug-likeness (QED) is 0.254. The molecule has 1 N–H and O–H groups in total. The largest absolute Gasteiger partial charge is 0.508 e. The molecule has 4 aliphatic carbocycles. The molecule has 0 spiro atoms. The van der Waals surface area contributed by atoms with Crippen molar-refractivity contribution in [2.45, 2.75) is 62.9 Å². The molecule has 9 rings (SSSR count). The Labute approximate surface area is 255 Å². The number of ether oxygens (including phenoxy) is 2. The molecule has 0 radical (unpaired) electrons. The maximum Gasteiger partial charge on any atom is 0.404 e. The molecule has 11 nitrogen and oxygen atoms in total. The molecule has 43 heavy (non-hydrogen) atoms. The molecule has 1 aromatic heterocycles. The number of fused-ring (bicyclic) bond motifs is 1. The van der Waals surface area contributed by atoms with Crippen LogP contribution in [0, 0.1) is 27.4 Å². The van der Waals surface area contributed by atoms with Crippen molar-refractivity contribution < 1.29 is 24.3 Å².